The number of nitrogens with zero attached hydrogens (tertiary/aromatic N) is 6. The molecule has 2 aliphatic rings. The van der Waals surface area contributed by atoms with Crippen molar-refractivity contribution in [3.05, 3.63) is 35.0 Å². The summed E-state index contributed by atoms with van der Waals surface area (Å²) >= 11 is 3.52. The predicted octanol–water partition coefficient (Wildman–Crippen LogP) is 3.08. The number of rotatable bonds is 4. The number of pyridine rings is 2. The first kappa shape index (κ1) is 21.6. The van der Waals surface area contributed by atoms with Gasteiger partial charge >= 0.3 is 0 Å². The number of hydrogen-bond acceptors (Lipinski definition) is 7. The topological polar surface area (TPSA) is 87.4 Å². The third kappa shape index (κ3) is 4.67. The van der Waals surface area contributed by atoms with Crippen LogP contribution in [0.1, 0.15) is 37.4 Å². The third-order valence-electron chi connectivity index (χ3n) is 5.65. The normalized spacial score (nSPS) is 22.0. The summed E-state index contributed by atoms with van der Waals surface area (Å²) in [6.45, 7) is 3.08. The second-order valence-electron chi connectivity index (χ2n) is 7.51. The molecule has 10 heteroatoms. The van der Waals surface area contributed by atoms with E-state index in [9.17, 15) is 0 Å². The van der Waals surface area contributed by atoms with E-state index in [1.165, 1.54) is 6.33 Å². The van der Waals surface area contributed by atoms with Gasteiger partial charge in [0, 0.05) is 50.2 Å². The Morgan fingerprint density at radius 1 is 1.13 bits per heavy atom. The van der Waals surface area contributed by atoms with Gasteiger partial charge in [-0.05, 0) is 65.7 Å². The first-order valence-electron chi connectivity index (χ1n) is 10.0. The fourth-order valence-electron chi connectivity index (χ4n) is 4.08. The molecule has 162 valence electrons. The molecule has 1 saturated carbocycles. The summed E-state index contributed by atoms with van der Waals surface area (Å²) in [5.74, 6) is 2.79. The van der Waals surface area contributed by atoms with E-state index in [0.717, 1.165) is 65.8 Å². The van der Waals surface area contributed by atoms with Crippen molar-refractivity contribution >= 4 is 32.7 Å². The average Bonchev–Trinajstić information content (AvgIpc) is 3.30. The number of hydrogen-bond donors (Lipinski definition) is 0. The molecule has 30 heavy (non-hydrogen) atoms. The number of anilines is 1. The van der Waals surface area contributed by atoms with Crippen molar-refractivity contribution in [3.63, 3.8) is 0 Å². The summed E-state index contributed by atoms with van der Waals surface area (Å²) in [5.41, 5.74) is 0.893. The van der Waals surface area contributed by atoms with Crippen LogP contribution in [0.3, 0.4) is 0 Å². The molecular weight excluding hydrogens is 543 g/mol. The molecule has 0 radical (unpaired) electrons. The van der Waals surface area contributed by atoms with Gasteiger partial charge in [0.25, 0.3) is 0 Å². The van der Waals surface area contributed by atoms with Crippen molar-refractivity contribution in [3.8, 4) is 5.88 Å². The summed E-state index contributed by atoms with van der Waals surface area (Å²) in [6, 6.07) is 4.07. The molecule has 0 atom stereocenters. The Morgan fingerprint density at radius 2 is 1.93 bits per heavy atom. The molecule has 0 unspecified atom stereocenters. The maximum Gasteiger partial charge on any atom is 0.225 e. The standard InChI is InChI=1S/C20H22BrN6O2.Pd/c21-14-9-16-17(22-11-14)10-18(27-5-7-28-8-6-27)25-20(16)29-15-3-1-13(2-4-15)19-23-12-24-26-19;/h9-13,15H,1-8H2;/q-1;. The van der Waals surface area contributed by atoms with Crippen LogP contribution in [0, 0.1) is 0 Å². The first-order chi connectivity index (χ1) is 14.3. The zero-order valence-corrected chi connectivity index (χ0v) is 19.5. The fraction of sp³-hybridized carbons (Fsp3) is 0.500. The van der Waals surface area contributed by atoms with E-state index in [0.29, 0.717) is 25.0 Å². The van der Waals surface area contributed by atoms with Gasteiger partial charge in [0.15, 0.2) is 0 Å². The maximum atomic E-state index is 6.43. The van der Waals surface area contributed by atoms with Crippen LogP contribution < -0.4 is 14.6 Å². The Bertz CT molecular complexity index is 975. The van der Waals surface area contributed by atoms with Crippen LogP contribution in [0.5, 0.6) is 5.88 Å². The molecule has 3 aromatic heterocycles. The second kappa shape index (κ2) is 9.69. The molecule has 4 heterocycles. The zero-order chi connectivity index (χ0) is 19.6. The van der Waals surface area contributed by atoms with Crippen molar-refractivity contribution in [2.75, 3.05) is 31.2 Å². The van der Waals surface area contributed by atoms with Crippen LogP contribution >= 0.6 is 15.9 Å². The molecule has 0 spiro atoms. The van der Waals surface area contributed by atoms with Gasteiger partial charge < -0.3 is 29.6 Å². The monoisotopic (exact) mass is 563 g/mol. The Balaban J connectivity index is 0.00000218. The summed E-state index contributed by atoms with van der Waals surface area (Å²) in [7, 11) is 0. The molecule has 1 aliphatic carbocycles. The fourth-order valence-corrected chi connectivity index (χ4v) is 4.41. The Hall–Kier alpha value is -1.60. The minimum Gasteiger partial charge on any atom is -0.474 e. The Morgan fingerprint density at radius 3 is 2.67 bits per heavy atom. The summed E-state index contributed by atoms with van der Waals surface area (Å²) in [5, 5.41) is 8.91. The molecule has 1 saturated heterocycles. The average molecular weight is 565 g/mol. The van der Waals surface area contributed by atoms with Crippen molar-refractivity contribution in [2.24, 2.45) is 0 Å². The molecule has 8 nitrogen and oxygen atoms in total. The zero-order valence-electron chi connectivity index (χ0n) is 16.3. The van der Waals surface area contributed by atoms with Crippen LogP contribution in [0.2, 0.25) is 0 Å². The third-order valence-corrected chi connectivity index (χ3v) is 6.09. The van der Waals surface area contributed by atoms with Crippen molar-refractivity contribution in [1.29, 1.82) is 0 Å². The van der Waals surface area contributed by atoms with Gasteiger partial charge in [-0.25, -0.2) is 0 Å². The van der Waals surface area contributed by atoms with Crippen molar-refractivity contribution < 1.29 is 29.9 Å². The molecule has 1 aliphatic heterocycles. The minimum absolute atomic E-state index is 0. The van der Waals surface area contributed by atoms with Crippen molar-refractivity contribution in [2.45, 2.75) is 37.7 Å². The van der Waals surface area contributed by atoms with E-state index < -0.39 is 0 Å². The van der Waals surface area contributed by atoms with Crippen molar-refractivity contribution in [1.82, 2.24) is 25.1 Å². The number of aromatic nitrogens is 5. The van der Waals surface area contributed by atoms with Crippen LogP contribution in [-0.2, 0) is 25.2 Å². The van der Waals surface area contributed by atoms with E-state index in [1.54, 1.807) is 0 Å². The van der Waals surface area contributed by atoms with Crippen LogP contribution in [0.25, 0.3) is 10.9 Å². The van der Waals surface area contributed by atoms with Gasteiger partial charge in [-0.15, -0.1) is 0 Å². The van der Waals surface area contributed by atoms with E-state index in [1.807, 2.05) is 18.3 Å². The molecular formula is C20H22BrN6O2Pd-. The van der Waals surface area contributed by atoms with E-state index in [2.05, 4.69) is 41.0 Å². The number of fused-ring (bicyclic) bond motifs is 1. The molecule has 0 N–H and O–H groups in total. The number of halogens is 1. The predicted molar refractivity (Wildman–Crippen MR) is 111 cm³/mol. The van der Waals surface area contributed by atoms with Gasteiger partial charge in [-0.2, -0.15) is 4.98 Å². The SMILES string of the molecule is Brc1cnc2cc(N3CCOCC3)nc(OC3CCC(c4nnc[n-]4)CC3)c2c1.[Pd]. The molecule has 0 bridgehead atoms. The molecule has 0 amide bonds. The van der Waals surface area contributed by atoms with Gasteiger partial charge in [-0.1, -0.05) is 0 Å². The first-order valence-corrected chi connectivity index (χ1v) is 10.8. The maximum absolute atomic E-state index is 6.43. The summed E-state index contributed by atoms with van der Waals surface area (Å²) in [4.78, 5) is 16.0. The Kier molecular flexibility index (Phi) is 6.98. The number of morpholine rings is 1. The minimum atomic E-state index is 0. The molecule has 0 aromatic carbocycles. The largest absolute Gasteiger partial charge is 0.474 e. The number of ether oxygens (including phenoxy) is 2. The van der Waals surface area contributed by atoms with Gasteiger partial charge in [0.2, 0.25) is 5.88 Å². The van der Waals surface area contributed by atoms with Gasteiger partial charge in [0.1, 0.15) is 11.9 Å². The smallest absolute Gasteiger partial charge is 0.225 e. The van der Waals surface area contributed by atoms with Crippen LogP contribution in [0.4, 0.5) is 5.82 Å². The summed E-state index contributed by atoms with van der Waals surface area (Å²) in [6.07, 6.45) is 7.36. The molecule has 5 rings (SSSR count). The van der Waals surface area contributed by atoms with Gasteiger partial charge in [0.05, 0.1) is 24.1 Å². The quantitative estimate of drug-likeness (QED) is 0.447. The van der Waals surface area contributed by atoms with Gasteiger partial charge in [-0.3, -0.25) is 4.98 Å². The van der Waals surface area contributed by atoms with E-state index >= 15 is 0 Å². The molecule has 2 fully saturated rings. The van der Waals surface area contributed by atoms with Crippen LogP contribution in [-0.4, -0.2) is 52.6 Å². The van der Waals surface area contributed by atoms with E-state index in [-0.39, 0.29) is 26.5 Å². The Labute approximate surface area is 196 Å². The summed E-state index contributed by atoms with van der Waals surface area (Å²) < 4.78 is 12.8. The molecule has 3 aromatic rings. The van der Waals surface area contributed by atoms with E-state index in [4.69, 9.17) is 14.5 Å². The van der Waals surface area contributed by atoms with Crippen LogP contribution in [0.15, 0.2) is 29.1 Å². The second-order valence-corrected chi connectivity index (χ2v) is 8.43.